The first-order valence-electron chi connectivity index (χ1n) is 5.93. The average Bonchev–Trinajstić information content (AvgIpc) is 3.06. The number of H-pyrrole nitrogens is 1. The molecule has 0 aliphatic carbocycles. The number of nitrogens with one attached hydrogen (secondary N) is 1. The third-order valence-electron chi connectivity index (χ3n) is 2.66. The summed E-state index contributed by atoms with van der Waals surface area (Å²) in [6.45, 7) is 0.481. The Labute approximate surface area is 120 Å². The van der Waals surface area contributed by atoms with E-state index in [1.165, 1.54) is 11.3 Å². The Kier molecular flexibility index (Phi) is 4.37. The molecule has 0 saturated carbocycles. The summed E-state index contributed by atoms with van der Waals surface area (Å²) in [6.07, 6.45) is 4.35. The predicted octanol–water partition coefficient (Wildman–Crippen LogP) is 2.45. The van der Waals surface area contributed by atoms with Gasteiger partial charge in [-0.05, 0) is 35.2 Å². The van der Waals surface area contributed by atoms with Crippen LogP contribution in [0.15, 0.2) is 35.9 Å². The number of nitrogens with zero attached hydrogens (tertiary/aromatic N) is 1. The zero-order chi connectivity index (χ0) is 14.5. The summed E-state index contributed by atoms with van der Waals surface area (Å²) in [5.74, 6) is -1.05. The second-order valence-electron chi connectivity index (χ2n) is 4.27. The normalized spacial score (nSPS) is 10.8. The van der Waals surface area contributed by atoms with E-state index in [1.807, 2.05) is 11.4 Å². The lowest BCUT2D eigenvalue weighted by Crippen LogP contribution is -2.26. The van der Waals surface area contributed by atoms with Crippen molar-refractivity contribution in [3.8, 4) is 0 Å². The van der Waals surface area contributed by atoms with Crippen LogP contribution in [0.3, 0.4) is 0 Å². The fourth-order valence-electron chi connectivity index (χ4n) is 1.73. The number of aliphatic carboxylic acids is 1. The zero-order valence-electron chi connectivity index (χ0n) is 10.9. The predicted molar refractivity (Wildman–Crippen MR) is 77.6 cm³/mol. The van der Waals surface area contributed by atoms with Crippen LogP contribution in [0.2, 0.25) is 0 Å². The number of rotatable bonds is 5. The third-order valence-corrected chi connectivity index (χ3v) is 3.61. The lowest BCUT2D eigenvalue weighted by Gasteiger charge is -2.15. The Morgan fingerprint density at radius 3 is 2.95 bits per heavy atom. The van der Waals surface area contributed by atoms with Gasteiger partial charge in [0.2, 0.25) is 0 Å². The highest BCUT2D eigenvalue weighted by molar-refractivity contribution is 7.11. The molecule has 0 bridgehead atoms. The van der Waals surface area contributed by atoms with Gasteiger partial charge in [-0.2, -0.15) is 0 Å². The van der Waals surface area contributed by atoms with Crippen molar-refractivity contribution in [3.05, 3.63) is 52.0 Å². The number of carbonyl (C=O) groups is 2. The molecule has 0 radical (unpaired) electrons. The van der Waals surface area contributed by atoms with E-state index in [9.17, 15) is 9.59 Å². The highest BCUT2D eigenvalue weighted by Gasteiger charge is 2.13. The van der Waals surface area contributed by atoms with Crippen LogP contribution in [0.1, 0.15) is 20.9 Å². The molecule has 0 atom stereocenters. The number of hydrogen-bond donors (Lipinski definition) is 2. The molecule has 0 aliphatic rings. The van der Waals surface area contributed by atoms with Crippen LogP contribution in [0.4, 0.5) is 0 Å². The Morgan fingerprint density at radius 2 is 2.30 bits per heavy atom. The minimum Gasteiger partial charge on any atom is -0.478 e. The summed E-state index contributed by atoms with van der Waals surface area (Å²) < 4.78 is 0. The van der Waals surface area contributed by atoms with Gasteiger partial charge in [-0.1, -0.05) is 0 Å². The molecule has 0 aliphatic heterocycles. The quantitative estimate of drug-likeness (QED) is 0.831. The monoisotopic (exact) mass is 290 g/mol. The van der Waals surface area contributed by atoms with Gasteiger partial charge in [-0.3, -0.25) is 4.79 Å². The fraction of sp³-hybridized carbons (Fsp3) is 0.143. The van der Waals surface area contributed by atoms with Crippen LogP contribution >= 0.6 is 11.3 Å². The molecule has 2 aromatic rings. The Bertz CT molecular complexity index is 629. The van der Waals surface area contributed by atoms with E-state index < -0.39 is 5.97 Å². The second kappa shape index (κ2) is 6.21. The topological polar surface area (TPSA) is 73.4 Å². The van der Waals surface area contributed by atoms with E-state index in [0.717, 1.165) is 16.5 Å². The highest BCUT2D eigenvalue weighted by Crippen LogP contribution is 2.18. The van der Waals surface area contributed by atoms with E-state index >= 15 is 0 Å². The smallest absolute Gasteiger partial charge is 0.328 e. The Balaban J connectivity index is 2.00. The summed E-state index contributed by atoms with van der Waals surface area (Å²) in [5.41, 5.74) is 1.52. The number of amides is 1. The molecule has 0 fully saturated rings. The van der Waals surface area contributed by atoms with Crippen LogP contribution in [-0.2, 0) is 11.3 Å². The summed E-state index contributed by atoms with van der Waals surface area (Å²) in [5, 5.41) is 10.5. The van der Waals surface area contributed by atoms with Gasteiger partial charge in [0.25, 0.3) is 5.91 Å². The Morgan fingerprint density at radius 1 is 1.50 bits per heavy atom. The fourth-order valence-corrected chi connectivity index (χ4v) is 2.53. The summed E-state index contributed by atoms with van der Waals surface area (Å²) in [6, 6.07) is 5.39. The van der Waals surface area contributed by atoms with Gasteiger partial charge in [0.05, 0.1) is 0 Å². The maximum absolute atomic E-state index is 12.0. The van der Waals surface area contributed by atoms with Gasteiger partial charge >= 0.3 is 5.97 Å². The number of hydrogen-bond acceptors (Lipinski definition) is 3. The van der Waals surface area contributed by atoms with Crippen molar-refractivity contribution in [3.63, 3.8) is 0 Å². The number of carbonyl (C=O) groups excluding carboxylic acids is 1. The van der Waals surface area contributed by atoms with Crippen molar-refractivity contribution in [2.45, 2.75) is 6.54 Å². The van der Waals surface area contributed by atoms with Crippen LogP contribution < -0.4 is 0 Å². The first kappa shape index (κ1) is 14.1. The molecule has 0 unspecified atom stereocenters. The molecule has 5 nitrogen and oxygen atoms in total. The molecule has 0 aromatic carbocycles. The molecular weight excluding hydrogens is 276 g/mol. The van der Waals surface area contributed by atoms with E-state index in [-0.39, 0.29) is 5.91 Å². The van der Waals surface area contributed by atoms with Gasteiger partial charge in [0.1, 0.15) is 5.69 Å². The largest absolute Gasteiger partial charge is 0.478 e. The summed E-state index contributed by atoms with van der Waals surface area (Å²) in [4.78, 5) is 27.8. The SMILES string of the molecule is CN(Cc1csc(C=CC(=O)O)c1)C(=O)c1ccc[nH]1. The van der Waals surface area contributed by atoms with E-state index in [0.29, 0.717) is 12.2 Å². The average molecular weight is 290 g/mol. The van der Waals surface area contributed by atoms with Crippen molar-refractivity contribution in [2.24, 2.45) is 0 Å². The zero-order valence-corrected chi connectivity index (χ0v) is 11.7. The molecule has 2 rings (SSSR count). The van der Waals surface area contributed by atoms with Crippen molar-refractivity contribution < 1.29 is 14.7 Å². The lowest BCUT2D eigenvalue weighted by molar-refractivity contribution is -0.131. The molecule has 0 spiro atoms. The Hall–Kier alpha value is -2.34. The standard InChI is InChI=1S/C14H14N2O3S/c1-16(14(19)12-3-2-6-15-12)8-10-7-11(20-9-10)4-5-13(17)18/h2-7,9,15H,8H2,1H3,(H,17,18). The molecule has 104 valence electrons. The van der Waals surface area contributed by atoms with Crippen molar-refractivity contribution >= 4 is 29.3 Å². The lowest BCUT2D eigenvalue weighted by atomic mass is 10.2. The highest BCUT2D eigenvalue weighted by atomic mass is 32.1. The molecule has 2 aromatic heterocycles. The van der Waals surface area contributed by atoms with Crippen LogP contribution in [0, 0.1) is 0 Å². The van der Waals surface area contributed by atoms with Crippen LogP contribution in [0.25, 0.3) is 6.08 Å². The first-order valence-corrected chi connectivity index (χ1v) is 6.81. The van der Waals surface area contributed by atoms with Gasteiger partial charge < -0.3 is 15.0 Å². The van der Waals surface area contributed by atoms with Gasteiger partial charge in [0.15, 0.2) is 0 Å². The number of thiophene rings is 1. The maximum atomic E-state index is 12.0. The maximum Gasteiger partial charge on any atom is 0.328 e. The van der Waals surface area contributed by atoms with Crippen molar-refractivity contribution in [1.29, 1.82) is 0 Å². The summed E-state index contributed by atoms with van der Waals surface area (Å²) in [7, 11) is 1.73. The van der Waals surface area contributed by atoms with Gasteiger partial charge in [-0.25, -0.2) is 4.79 Å². The van der Waals surface area contributed by atoms with E-state index in [4.69, 9.17) is 5.11 Å². The molecule has 0 saturated heterocycles. The minimum absolute atomic E-state index is 0.0798. The molecule has 20 heavy (non-hydrogen) atoms. The molecule has 2 N–H and O–H groups in total. The van der Waals surface area contributed by atoms with Crippen molar-refractivity contribution in [1.82, 2.24) is 9.88 Å². The van der Waals surface area contributed by atoms with Crippen LogP contribution in [0.5, 0.6) is 0 Å². The molecule has 6 heteroatoms. The van der Waals surface area contributed by atoms with Crippen molar-refractivity contribution in [2.75, 3.05) is 7.05 Å². The molecule has 2 heterocycles. The number of aromatic nitrogens is 1. The van der Waals surface area contributed by atoms with E-state index in [1.54, 1.807) is 36.4 Å². The van der Waals surface area contributed by atoms with Crippen LogP contribution in [-0.4, -0.2) is 33.9 Å². The number of carboxylic acid groups (broad SMARTS) is 1. The first-order chi connectivity index (χ1) is 9.56. The van der Waals surface area contributed by atoms with E-state index in [2.05, 4.69) is 4.98 Å². The van der Waals surface area contributed by atoms with Gasteiger partial charge in [0, 0.05) is 30.7 Å². The van der Waals surface area contributed by atoms with Gasteiger partial charge in [-0.15, -0.1) is 11.3 Å². The third kappa shape index (κ3) is 3.58. The molecule has 1 amide bonds. The minimum atomic E-state index is -0.973. The molecular formula is C14H14N2O3S. The summed E-state index contributed by atoms with van der Waals surface area (Å²) >= 11 is 1.45. The number of aromatic amines is 1. The second-order valence-corrected chi connectivity index (χ2v) is 5.22. The number of carboxylic acids is 1.